The molecule has 5 nitrogen and oxygen atoms in total. The number of hydrogen-bond donors (Lipinski definition) is 2. The van der Waals surface area contributed by atoms with Crippen LogP contribution in [0.4, 0.5) is 0 Å². The maximum absolute atomic E-state index is 11.9. The van der Waals surface area contributed by atoms with E-state index in [4.69, 9.17) is 0 Å². The lowest BCUT2D eigenvalue weighted by atomic mass is 10.1. The Hall–Kier alpha value is -2.14. The SMILES string of the molecule is CC(C)C(O)CNC(=O)c1cnn(-c2ccccc2)c1. The fraction of sp³-hybridized carbons (Fsp3) is 0.333. The molecule has 106 valence electrons. The number of hydrogen-bond acceptors (Lipinski definition) is 3. The Kier molecular flexibility index (Phi) is 4.53. The zero-order chi connectivity index (χ0) is 14.5. The van der Waals surface area contributed by atoms with E-state index < -0.39 is 6.10 Å². The van der Waals surface area contributed by atoms with Gasteiger partial charge in [0.1, 0.15) is 0 Å². The van der Waals surface area contributed by atoms with Crippen LogP contribution in [-0.2, 0) is 0 Å². The first-order valence-corrected chi connectivity index (χ1v) is 6.64. The molecule has 2 N–H and O–H groups in total. The molecule has 5 heteroatoms. The van der Waals surface area contributed by atoms with Crippen molar-refractivity contribution in [2.24, 2.45) is 5.92 Å². The highest BCUT2D eigenvalue weighted by Crippen LogP contribution is 2.07. The van der Waals surface area contributed by atoms with Gasteiger partial charge in [-0.1, -0.05) is 32.0 Å². The van der Waals surface area contributed by atoms with E-state index in [2.05, 4.69) is 10.4 Å². The molecule has 1 unspecified atom stereocenters. The van der Waals surface area contributed by atoms with Gasteiger partial charge in [-0.2, -0.15) is 5.10 Å². The van der Waals surface area contributed by atoms with Gasteiger partial charge in [-0.25, -0.2) is 4.68 Å². The van der Waals surface area contributed by atoms with E-state index in [0.717, 1.165) is 5.69 Å². The Balaban J connectivity index is 2.00. The fourth-order valence-corrected chi connectivity index (χ4v) is 1.70. The van der Waals surface area contributed by atoms with Crippen molar-refractivity contribution in [1.29, 1.82) is 0 Å². The summed E-state index contributed by atoms with van der Waals surface area (Å²) in [6.07, 6.45) is 2.65. The monoisotopic (exact) mass is 273 g/mol. The van der Waals surface area contributed by atoms with E-state index >= 15 is 0 Å². The third kappa shape index (κ3) is 3.45. The molecule has 2 aromatic rings. The summed E-state index contributed by atoms with van der Waals surface area (Å²) in [5.74, 6) is -0.116. The summed E-state index contributed by atoms with van der Waals surface area (Å²) in [4.78, 5) is 11.9. The van der Waals surface area contributed by atoms with Gasteiger partial charge in [-0.15, -0.1) is 0 Å². The standard InChI is InChI=1S/C15H19N3O2/c1-11(2)14(19)9-16-15(20)12-8-17-18(10-12)13-6-4-3-5-7-13/h3-8,10-11,14,19H,9H2,1-2H3,(H,16,20). The van der Waals surface area contributed by atoms with E-state index in [9.17, 15) is 9.90 Å². The van der Waals surface area contributed by atoms with Crippen LogP contribution < -0.4 is 5.32 Å². The molecule has 0 bridgehead atoms. The number of nitrogens with zero attached hydrogens (tertiary/aromatic N) is 2. The largest absolute Gasteiger partial charge is 0.391 e. The molecule has 20 heavy (non-hydrogen) atoms. The zero-order valence-electron chi connectivity index (χ0n) is 11.7. The van der Waals surface area contributed by atoms with Gasteiger partial charge in [0.15, 0.2) is 0 Å². The van der Waals surface area contributed by atoms with Crippen LogP contribution in [0.3, 0.4) is 0 Å². The zero-order valence-corrected chi connectivity index (χ0v) is 11.7. The van der Waals surface area contributed by atoms with Crippen LogP contribution in [0.5, 0.6) is 0 Å². The number of amides is 1. The molecule has 0 aliphatic rings. The maximum Gasteiger partial charge on any atom is 0.254 e. The molecule has 2 rings (SSSR count). The number of aromatic nitrogens is 2. The number of aliphatic hydroxyl groups is 1. The van der Waals surface area contributed by atoms with Gasteiger partial charge in [-0.05, 0) is 18.1 Å². The van der Waals surface area contributed by atoms with E-state index in [1.807, 2.05) is 44.2 Å². The molecule has 0 aliphatic heterocycles. The van der Waals surface area contributed by atoms with Crippen LogP contribution in [0.25, 0.3) is 5.69 Å². The second-order valence-electron chi connectivity index (χ2n) is 5.03. The topological polar surface area (TPSA) is 67.2 Å². The van der Waals surface area contributed by atoms with Crippen molar-refractivity contribution in [1.82, 2.24) is 15.1 Å². The second-order valence-corrected chi connectivity index (χ2v) is 5.03. The van der Waals surface area contributed by atoms with Gasteiger partial charge in [0.25, 0.3) is 5.91 Å². The van der Waals surface area contributed by atoms with Gasteiger partial charge in [-0.3, -0.25) is 4.79 Å². The third-order valence-corrected chi connectivity index (χ3v) is 3.11. The summed E-state index contributed by atoms with van der Waals surface area (Å²) in [6.45, 7) is 4.06. The van der Waals surface area contributed by atoms with Crippen molar-refractivity contribution in [2.45, 2.75) is 20.0 Å². The first-order valence-electron chi connectivity index (χ1n) is 6.64. The highest BCUT2D eigenvalue weighted by atomic mass is 16.3. The lowest BCUT2D eigenvalue weighted by Gasteiger charge is -2.14. The molecular weight excluding hydrogens is 254 g/mol. The smallest absolute Gasteiger partial charge is 0.254 e. The van der Waals surface area contributed by atoms with Crippen LogP contribution in [0.2, 0.25) is 0 Å². The molecule has 0 fully saturated rings. The van der Waals surface area contributed by atoms with Crippen molar-refractivity contribution < 1.29 is 9.90 Å². The Bertz CT molecular complexity index is 564. The van der Waals surface area contributed by atoms with Crippen molar-refractivity contribution in [3.8, 4) is 5.69 Å². The van der Waals surface area contributed by atoms with Gasteiger partial charge in [0, 0.05) is 12.7 Å². The van der Waals surface area contributed by atoms with Crippen molar-refractivity contribution in [3.63, 3.8) is 0 Å². The van der Waals surface area contributed by atoms with Crippen LogP contribution in [0, 0.1) is 5.92 Å². The molecule has 1 atom stereocenters. The molecule has 0 saturated carbocycles. The van der Waals surface area contributed by atoms with Crippen molar-refractivity contribution in [3.05, 3.63) is 48.3 Å². The first kappa shape index (κ1) is 14.3. The minimum Gasteiger partial charge on any atom is -0.391 e. The normalized spacial score (nSPS) is 12.4. The van der Waals surface area contributed by atoms with Gasteiger partial charge in [0.05, 0.1) is 23.6 Å². The van der Waals surface area contributed by atoms with Crippen LogP contribution in [-0.4, -0.2) is 33.4 Å². The minimum atomic E-state index is -0.539. The summed E-state index contributed by atoms with van der Waals surface area (Å²) >= 11 is 0. The van der Waals surface area contributed by atoms with E-state index in [1.54, 1.807) is 10.9 Å². The number of carbonyl (C=O) groups is 1. The van der Waals surface area contributed by atoms with Crippen molar-refractivity contribution in [2.75, 3.05) is 6.54 Å². The Morgan fingerprint density at radius 1 is 1.35 bits per heavy atom. The lowest BCUT2D eigenvalue weighted by molar-refractivity contribution is 0.0871. The van der Waals surface area contributed by atoms with Crippen LogP contribution >= 0.6 is 0 Å². The molecule has 1 aromatic heterocycles. The predicted molar refractivity (Wildman–Crippen MR) is 76.7 cm³/mol. The summed E-state index contributed by atoms with van der Waals surface area (Å²) in [6, 6.07) is 9.58. The second kappa shape index (κ2) is 6.34. The van der Waals surface area contributed by atoms with Gasteiger partial charge < -0.3 is 10.4 Å². The molecule has 1 amide bonds. The predicted octanol–water partition coefficient (Wildman–Crippen LogP) is 1.62. The number of aliphatic hydroxyl groups excluding tert-OH is 1. The minimum absolute atomic E-state index is 0.113. The Morgan fingerprint density at radius 3 is 2.70 bits per heavy atom. The summed E-state index contributed by atoms with van der Waals surface area (Å²) < 4.78 is 1.65. The Labute approximate surface area is 118 Å². The number of carbonyl (C=O) groups excluding carboxylic acids is 1. The molecule has 0 aliphatic carbocycles. The van der Waals surface area contributed by atoms with E-state index in [1.165, 1.54) is 6.20 Å². The number of nitrogens with one attached hydrogen (secondary N) is 1. The van der Waals surface area contributed by atoms with Gasteiger partial charge >= 0.3 is 0 Å². The maximum atomic E-state index is 11.9. The molecule has 0 saturated heterocycles. The molecule has 0 spiro atoms. The average molecular weight is 273 g/mol. The summed E-state index contributed by atoms with van der Waals surface area (Å²) in [7, 11) is 0. The third-order valence-electron chi connectivity index (χ3n) is 3.11. The van der Waals surface area contributed by atoms with Crippen LogP contribution in [0.1, 0.15) is 24.2 Å². The van der Waals surface area contributed by atoms with Crippen molar-refractivity contribution >= 4 is 5.91 Å². The quantitative estimate of drug-likeness (QED) is 0.870. The highest BCUT2D eigenvalue weighted by molar-refractivity contribution is 5.93. The lowest BCUT2D eigenvalue weighted by Crippen LogP contribution is -2.34. The highest BCUT2D eigenvalue weighted by Gasteiger charge is 2.13. The molecule has 0 radical (unpaired) electrons. The summed E-state index contributed by atoms with van der Waals surface area (Å²) in [5.41, 5.74) is 1.37. The first-order chi connectivity index (χ1) is 9.58. The van der Waals surface area contributed by atoms with E-state index in [0.29, 0.717) is 5.56 Å². The number of para-hydroxylation sites is 1. The van der Waals surface area contributed by atoms with E-state index in [-0.39, 0.29) is 18.4 Å². The van der Waals surface area contributed by atoms with Gasteiger partial charge in [0.2, 0.25) is 0 Å². The van der Waals surface area contributed by atoms with Crippen LogP contribution in [0.15, 0.2) is 42.7 Å². The number of rotatable bonds is 5. The molecule has 1 aromatic carbocycles. The summed E-state index contributed by atoms with van der Waals surface area (Å²) in [5, 5.41) is 16.5. The average Bonchev–Trinajstić information content (AvgIpc) is 2.95. The Morgan fingerprint density at radius 2 is 2.05 bits per heavy atom. The number of benzene rings is 1. The molecular formula is C15H19N3O2. The fourth-order valence-electron chi connectivity index (χ4n) is 1.70. The molecule has 1 heterocycles.